The molecule has 0 atom stereocenters. The van der Waals surface area contributed by atoms with E-state index in [9.17, 15) is 4.79 Å². The summed E-state index contributed by atoms with van der Waals surface area (Å²) in [5, 5.41) is 13.0. The molecule has 0 amide bonds. The molecule has 5 nitrogen and oxygen atoms in total. The number of hydrogen-bond donors (Lipinski definition) is 0. The van der Waals surface area contributed by atoms with Crippen LogP contribution in [0.15, 0.2) is 12.4 Å². The molecule has 0 spiro atoms. The lowest BCUT2D eigenvalue weighted by atomic mass is 9.89. The number of hydrogen-bond acceptors (Lipinski definition) is 4. The minimum Gasteiger partial charge on any atom is -0.462 e. The van der Waals surface area contributed by atoms with Crippen molar-refractivity contribution in [2.75, 3.05) is 6.61 Å². The summed E-state index contributed by atoms with van der Waals surface area (Å²) in [6.45, 7) is 6.78. The van der Waals surface area contributed by atoms with E-state index in [-0.39, 0.29) is 11.4 Å². The summed E-state index contributed by atoms with van der Waals surface area (Å²) in [5.74, 6) is -0.334. The first kappa shape index (κ1) is 15.2. The molecular formula is C14H21N3O2. The summed E-state index contributed by atoms with van der Waals surface area (Å²) in [7, 11) is 0. The van der Waals surface area contributed by atoms with Gasteiger partial charge in [0.1, 0.15) is 0 Å². The summed E-state index contributed by atoms with van der Waals surface area (Å²) < 4.78 is 6.64. The summed E-state index contributed by atoms with van der Waals surface area (Å²) in [4.78, 5) is 11.4. The number of esters is 1. The van der Waals surface area contributed by atoms with E-state index in [2.05, 4.69) is 11.2 Å². The van der Waals surface area contributed by atoms with Gasteiger partial charge in [0.15, 0.2) is 0 Å². The van der Waals surface area contributed by atoms with E-state index >= 15 is 0 Å². The molecule has 5 heteroatoms. The SMILES string of the molecule is CCOC(=O)c1cnn(CCCCC(C)(C)C#N)c1. The van der Waals surface area contributed by atoms with Gasteiger partial charge in [-0.05, 0) is 33.6 Å². The van der Waals surface area contributed by atoms with Crippen LogP contribution in [0.4, 0.5) is 0 Å². The summed E-state index contributed by atoms with van der Waals surface area (Å²) >= 11 is 0. The molecule has 0 aliphatic carbocycles. The summed E-state index contributed by atoms with van der Waals surface area (Å²) in [5.41, 5.74) is 0.222. The van der Waals surface area contributed by atoms with Crippen molar-refractivity contribution in [2.45, 2.75) is 46.6 Å². The highest BCUT2D eigenvalue weighted by Gasteiger charge is 2.15. The van der Waals surface area contributed by atoms with Crippen molar-refractivity contribution in [1.82, 2.24) is 9.78 Å². The van der Waals surface area contributed by atoms with Gasteiger partial charge in [0.25, 0.3) is 0 Å². The molecule has 0 N–H and O–H groups in total. The zero-order valence-electron chi connectivity index (χ0n) is 11.8. The maximum absolute atomic E-state index is 11.4. The number of aromatic nitrogens is 2. The molecule has 19 heavy (non-hydrogen) atoms. The number of carbonyl (C=O) groups excluding carboxylic acids is 1. The van der Waals surface area contributed by atoms with Crippen LogP contribution >= 0.6 is 0 Å². The Morgan fingerprint density at radius 2 is 2.26 bits per heavy atom. The van der Waals surface area contributed by atoms with Gasteiger partial charge < -0.3 is 4.74 Å². The number of rotatable bonds is 7. The average Bonchev–Trinajstić information content (AvgIpc) is 2.84. The van der Waals surface area contributed by atoms with E-state index in [1.54, 1.807) is 17.8 Å². The molecule has 0 saturated carbocycles. The van der Waals surface area contributed by atoms with Crippen molar-refractivity contribution in [3.8, 4) is 6.07 Å². The number of aryl methyl sites for hydroxylation is 1. The first-order valence-corrected chi connectivity index (χ1v) is 6.59. The minimum absolute atomic E-state index is 0.264. The standard InChI is InChI=1S/C14H21N3O2/c1-4-19-13(18)12-9-16-17(10-12)8-6-5-7-14(2,3)11-15/h9-10H,4-8H2,1-3H3. The Morgan fingerprint density at radius 3 is 2.89 bits per heavy atom. The van der Waals surface area contributed by atoms with E-state index in [4.69, 9.17) is 10.00 Å². The highest BCUT2D eigenvalue weighted by Crippen LogP contribution is 2.21. The second-order valence-electron chi connectivity index (χ2n) is 5.17. The molecule has 0 bridgehead atoms. The Kier molecular flexibility index (Phi) is 5.56. The van der Waals surface area contributed by atoms with E-state index < -0.39 is 0 Å². The normalized spacial score (nSPS) is 11.1. The number of unbranched alkanes of at least 4 members (excludes halogenated alkanes) is 1. The largest absolute Gasteiger partial charge is 0.462 e. The topological polar surface area (TPSA) is 67.9 Å². The van der Waals surface area contributed by atoms with Crippen LogP contribution in [-0.2, 0) is 11.3 Å². The van der Waals surface area contributed by atoms with Gasteiger partial charge in [0.05, 0.1) is 29.9 Å². The third-order valence-electron chi connectivity index (χ3n) is 2.89. The zero-order valence-corrected chi connectivity index (χ0v) is 11.8. The zero-order chi connectivity index (χ0) is 14.3. The van der Waals surface area contributed by atoms with E-state index in [0.717, 1.165) is 25.8 Å². The summed E-state index contributed by atoms with van der Waals surface area (Å²) in [6.07, 6.45) is 6.00. The molecular weight excluding hydrogens is 242 g/mol. The number of nitrogens with zero attached hydrogens (tertiary/aromatic N) is 3. The molecule has 104 valence electrons. The lowest BCUT2D eigenvalue weighted by molar-refractivity contribution is 0.0526. The van der Waals surface area contributed by atoms with Crippen LogP contribution in [0.25, 0.3) is 0 Å². The van der Waals surface area contributed by atoms with Crippen LogP contribution in [-0.4, -0.2) is 22.4 Å². The van der Waals surface area contributed by atoms with Gasteiger partial charge in [-0.3, -0.25) is 4.68 Å². The van der Waals surface area contributed by atoms with Crippen molar-refractivity contribution in [2.24, 2.45) is 5.41 Å². The minimum atomic E-state index is -0.334. The van der Waals surface area contributed by atoms with Crippen LogP contribution < -0.4 is 0 Å². The van der Waals surface area contributed by atoms with Crippen LogP contribution in [0.2, 0.25) is 0 Å². The Morgan fingerprint density at radius 1 is 1.53 bits per heavy atom. The van der Waals surface area contributed by atoms with Gasteiger partial charge in [-0.1, -0.05) is 6.42 Å². The van der Waals surface area contributed by atoms with Crippen molar-refractivity contribution < 1.29 is 9.53 Å². The van der Waals surface area contributed by atoms with Gasteiger partial charge in [-0.25, -0.2) is 4.79 Å². The second kappa shape index (κ2) is 6.93. The first-order valence-electron chi connectivity index (χ1n) is 6.59. The molecule has 0 radical (unpaired) electrons. The van der Waals surface area contributed by atoms with Crippen molar-refractivity contribution in [1.29, 1.82) is 5.26 Å². The fourth-order valence-corrected chi connectivity index (χ4v) is 1.70. The second-order valence-corrected chi connectivity index (χ2v) is 5.17. The smallest absolute Gasteiger partial charge is 0.341 e. The van der Waals surface area contributed by atoms with Gasteiger partial charge in [-0.15, -0.1) is 0 Å². The van der Waals surface area contributed by atoms with E-state index in [1.165, 1.54) is 6.20 Å². The average molecular weight is 263 g/mol. The van der Waals surface area contributed by atoms with Crippen molar-refractivity contribution >= 4 is 5.97 Å². The Hall–Kier alpha value is -1.83. The molecule has 1 rings (SSSR count). The van der Waals surface area contributed by atoms with Crippen LogP contribution in [0.1, 0.15) is 50.4 Å². The Labute approximate surface area is 114 Å². The molecule has 0 aliphatic heterocycles. The van der Waals surface area contributed by atoms with Gasteiger partial charge >= 0.3 is 5.97 Å². The Balaban J connectivity index is 2.35. The monoisotopic (exact) mass is 263 g/mol. The molecule has 0 unspecified atom stereocenters. The quantitative estimate of drug-likeness (QED) is 0.560. The van der Waals surface area contributed by atoms with Gasteiger partial charge in [0, 0.05) is 12.7 Å². The van der Waals surface area contributed by atoms with Crippen molar-refractivity contribution in [3.05, 3.63) is 18.0 Å². The first-order chi connectivity index (χ1) is 8.98. The fraction of sp³-hybridized carbons (Fsp3) is 0.643. The highest BCUT2D eigenvalue weighted by atomic mass is 16.5. The maximum Gasteiger partial charge on any atom is 0.341 e. The number of nitriles is 1. The van der Waals surface area contributed by atoms with Gasteiger partial charge in [-0.2, -0.15) is 10.4 Å². The van der Waals surface area contributed by atoms with Crippen LogP contribution in [0.5, 0.6) is 0 Å². The van der Waals surface area contributed by atoms with Crippen molar-refractivity contribution in [3.63, 3.8) is 0 Å². The Bertz CT molecular complexity index is 458. The molecule has 1 aromatic heterocycles. The lowest BCUT2D eigenvalue weighted by Gasteiger charge is -2.14. The number of ether oxygens (including phenoxy) is 1. The highest BCUT2D eigenvalue weighted by molar-refractivity contribution is 5.88. The molecule has 0 fully saturated rings. The number of carbonyl (C=O) groups is 1. The third kappa shape index (κ3) is 5.12. The molecule has 1 aromatic rings. The van der Waals surface area contributed by atoms with Gasteiger partial charge in [0.2, 0.25) is 0 Å². The molecule has 0 aliphatic rings. The van der Waals surface area contributed by atoms with E-state index in [0.29, 0.717) is 12.2 Å². The third-order valence-corrected chi connectivity index (χ3v) is 2.89. The molecule has 1 heterocycles. The summed E-state index contributed by atoms with van der Waals surface area (Å²) in [6, 6.07) is 2.29. The van der Waals surface area contributed by atoms with Crippen LogP contribution in [0.3, 0.4) is 0 Å². The van der Waals surface area contributed by atoms with Crippen LogP contribution in [0, 0.1) is 16.7 Å². The fourth-order valence-electron chi connectivity index (χ4n) is 1.70. The van der Waals surface area contributed by atoms with E-state index in [1.807, 2.05) is 13.8 Å². The maximum atomic E-state index is 11.4. The predicted molar refractivity (Wildman–Crippen MR) is 71.4 cm³/mol. The lowest BCUT2D eigenvalue weighted by Crippen LogP contribution is -2.08. The molecule has 0 aromatic carbocycles. The molecule has 0 saturated heterocycles. The predicted octanol–water partition coefficient (Wildman–Crippen LogP) is 2.78.